The molecule has 1 saturated heterocycles. The van der Waals surface area contributed by atoms with Gasteiger partial charge in [0, 0.05) is 57.8 Å². The molecule has 12 nitrogen and oxygen atoms in total. The lowest BCUT2D eigenvalue weighted by Crippen LogP contribution is -2.57. The Morgan fingerprint density at radius 2 is 1.93 bits per heavy atom. The Kier molecular flexibility index (Phi) is 11.5. The van der Waals surface area contributed by atoms with Crippen LogP contribution in [0.2, 0.25) is 5.02 Å². The molecule has 2 fully saturated rings. The first-order valence-corrected chi connectivity index (χ1v) is 21.2. The van der Waals surface area contributed by atoms with Crippen LogP contribution in [0.25, 0.3) is 0 Å². The van der Waals surface area contributed by atoms with Crippen molar-refractivity contribution in [1.29, 1.82) is 0 Å². The van der Waals surface area contributed by atoms with Gasteiger partial charge in [-0.3, -0.25) is 14.5 Å². The van der Waals surface area contributed by atoms with Crippen LogP contribution < -0.4 is 14.4 Å². The van der Waals surface area contributed by atoms with Gasteiger partial charge in [0.25, 0.3) is 11.8 Å². The number of alkyl halides is 2. The zero-order valence-corrected chi connectivity index (χ0v) is 33.8. The molecule has 2 aromatic carbocycles. The van der Waals surface area contributed by atoms with E-state index < -0.39 is 45.4 Å². The zero-order valence-electron chi connectivity index (χ0n) is 32.2. The smallest absolute Gasteiger partial charge is 0.303 e. The Morgan fingerprint density at radius 1 is 1.14 bits per heavy atom. The Bertz CT molecular complexity index is 1960. The Morgan fingerprint density at radius 3 is 2.64 bits per heavy atom. The summed E-state index contributed by atoms with van der Waals surface area (Å²) in [6.07, 6.45) is 7.94. The number of nitrogens with zero attached hydrogens (tertiary/aromatic N) is 4. The van der Waals surface area contributed by atoms with Crippen molar-refractivity contribution in [2.24, 2.45) is 11.8 Å². The van der Waals surface area contributed by atoms with Crippen molar-refractivity contribution < 1.29 is 41.4 Å². The van der Waals surface area contributed by atoms with Crippen LogP contribution in [0.15, 0.2) is 48.6 Å². The molecule has 7 rings (SSSR count). The molecule has 2 aliphatic carbocycles. The predicted molar refractivity (Wildman–Crippen MR) is 208 cm³/mol. The Hall–Kier alpha value is -3.34. The lowest BCUT2D eigenvalue weighted by atomic mass is 9.68. The molecule has 2 aromatic rings. The minimum atomic E-state index is -4.33. The van der Waals surface area contributed by atoms with E-state index in [1.807, 2.05) is 29.0 Å². The molecule has 16 heteroatoms. The maximum atomic E-state index is 13.9. The minimum absolute atomic E-state index is 0.0553. The number of rotatable bonds is 7. The fraction of sp³-hybridized carbons (Fsp3) is 0.600. The van der Waals surface area contributed by atoms with Crippen molar-refractivity contribution in [3.05, 3.63) is 70.3 Å². The number of benzene rings is 2. The van der Waals surface area contributed by atoms with E-state index in [9.17, 15) is 31.9 Å². The van der Waals surface area contributed by atoms with Crippen LogP contribution in [-0.4, -0.2) is 125 Å². The molecule has 2 bridgehead atoms. The molecule has 0 aromatic heterocycles. The second-order valence-corrected chi connectivity index (χ2v) is 18.8. The molecule has 56 heavy (non-hydrogen) atoms. The van der Waals surface area contributed by atoms with E-state index in [0.29, 0.717) is 55.7 Å². The van der Waals surface area contributed by atoms with Gasteiger partial charge in [0.15, 0.2) is 5.60 Å². The summed E-state index contributed by atoms with van der Waals surface area (Å²) in [5.74, 6) is -3.63. The molecule has 2 amide bonds. The summed E-state index contributed by atoms with van der Waals surface area (Å²) < 4.78 is 68.7. The van der Waals surface area contributed by atoms with Crippen LogP contribution in [0.5, 0.6) is 5.75 Å². The average molecular weight is 820 g/mol. The third kappa shape index (κ3) is 8.30. The first kappa shape index (κ1) is 40.8. The lowest BCUT2D eigenvalue weighted by molar-refractivity contribution is -0.148. The second kappa shape index (κ2) is 15.8. The van der Waals surface area contributed by atoms with Gasteiger partial charge in [-0.25, -0.2) is 13.5 Å². The topological polar surface area (TPSA) is 132 Å². The van der Waals surface area contributed by atoms with E-state index in [2.05, 4.69) is 11.0 Å². The fourth-order valence-electron chi connectivity index (χ4n) is 8.90. The summed E-state index contributed by atoms with van der Waals surface area (Å²) in [5, 5.41) is 13.0. The van der Waals surface area contributed by atoms with Crippen LogP contribution in [0, 0.1) is 11.8 Å². The highest BCUT2D eigenvalue weighted by Gasteiger charge is 2.48. The summed E-state index contributed by atoms with van der Waals surface area (Å²) in [4.78, 5) is 33.0. The van der Waals surface area contributed by atoms with Gasteiger partial charge in [0.1, 0.15) is 5.75 Å². The number of carbonyl (C=O) groups is 2. The SMILES string of the molecule is CN1CC/C=C\C(OCCN2CC(F)(F)C2)[C@@H]2CC[C@H]2CN2C[C@@]3(CCCc4cc(Cl)ccc43)COc3ccc(cc32)[C@@](O)(C(=O)NS(=O)(=O)N(C)C)CC1=O. The largest absolute Gasteiger partial charge is 0.490 e. The van der Waals surface area contributed by atoms with Crippen LogP contribution in [0.4, 0.5) is 14.5 Å². The zero-order chi connectivity index (χ0) is 40.0. The number of halogens is 3. The number of aryl methyl sites for hydroxylation is 1. The molecule has 5 aliphatic rings. The van der Waals surface area contributed by atoms with Crippen molar-refractivity contribution in [2.45, 2.75) is 68.0 Å². The molecular formula is C40H52ClF2N5O7S. The molecule has 2 N–H and O–H groups in total. The molecule has 0 radical (unpaired) electrons. The third-order valence-corrected chi connectivity index (χ3v) is 14.0. The van der Waals surface area contributed by atoms with Gasteiger partial charge < -0.3 is 24.4 Å². The Labute approximate surface area is 332 Å². The normalized spacial score (nSPS) is 30.0. The quantitative estimate of drug-likeness (QED) is 0.397. The number of carbonyl (C=O) groups excluding carboxylic acids is 2. The van der Waals surface area contributed by atoms with Crippen molar-refractivity contribution in [1.82, 2.24) is 18.8 Å². The van der Waals surface area contributed by atoms with Crippen molar-refractivity contribution in [3.63, 3.8) is 0 Å². The highest BCUT2D eigenvalue weighted by molar-refractivity contribution is 7.87. The maximum absolute atomic E-state index is 13.9. The van der Waals surface area contributed by atoms with Crippen LogP contribution >= 0.6 is 11.6 Å². The van der Waals surface area contributed by atoms with Gasteiger partial charge >= 0.3 is 10.2 Å². The second-order valence-electron chi connectivity index (χ2n) is 16.5. The van der Waals surface area contributed by atoms with Crippen LogP contribution in [0.3, 0.4) is 0 Å². The van der Waals surface area contributed by atoms with Gasteiger partial charge in [-0.15, -0.1) is 0 Å². The molecular weight excluding hydrogens is 768 g/mol. The lowest BCUT2D eigenvalue weighted by Gasteiger charge is -2.46. The summed E-state index contributed by atoms with van der Waals surface area (Å²) in [6, 6.07) is 10.9. The molecule has 1 spiro atoms. The number of hydrogen-bond acceptors (Lipinski definition) is 9. The monoisotopic (exact) mass is 819 g/mol. The highest BCUT2D eigenvalue weighted by atomic mass is 35.5. The van der Waals surface area contributed by atoms with E-state index in [1.165, 1.54) is 30.6 Å². The standard InChI is InChI=1S/C40H52ClF2N5O7S/c1-45(2)56(52,53)44-37(50)40(51)21-36(49)46(3)16-5-4-8-34(54-18-17-47-24-39(42,43)25-47)31-12-9-28(31)22-48-23-38(26-55-35-14-10-29(40)20-33(35)48)15-6-7-27-19-30(41)11-13-32(27)38/h4,8,10-11,13-14,19-20,28,31,34,51H,5-7,9,12,15-18,21-26H2,1-3H3,(H,44,50)/b8-4-/t28-,31+,34?,38-,40+/m0/s1. The van der Waals surface area contributed by atoms with Gasteiger partial charge in [-0.2, -0.15) is 12.7 Å². The first-order valence-electron chi connectivity index (χ1n) is 19.4. The highest BCUT2D eigenvalue weighted by Crippen LogP contribution is 2.48. The number of amides is 2. The van der Waals surface area contributed by atoms with Gasteiger partial charge in [0.2, 0.25) is 5.91 Å². The third-order valence-electron chi connectivity index (χ3n) is 12.4. The summed E-state index contributed by atoms with van der Waals surface area (Å²) in [7, 11) is -0.249. The fourth-order valence-corrected chi connectivity index (χ4v) is 9.68. The minimum Gasteiger partial charge on any atom is -0.490 e. The number of aliphatic hydroxyl groups is 1. The van der Waals surface area contributed by atoms with E-state index in [1.54, 1.807) is 24.1 Å². The van der Waals surface area contributed by atoms with Gasteiger partial charge in [0.05, 0.1) is 44.5 Å². The molecule has 306 valence electrons. The van der Waals surface area contributed by atoms with E-state index in [-0.39, 0.29) is 43.1 Å². The van der Waals surface area contributed by atoms with E-state index >= 15 is 0 Å². The Balaban J connectivity index is 1.28. The summed E-state index contributed by atoms with van der Waals surface area (Å²) >= 11 is 6.47. The van der Waals surface area contributed by atoms with E-state index in [4.69, 9.17) is 21.1 Å². The van der Waals surface area contributed by atoms with Crippen LogP contribution in [-0.2, 0) is 42.0 Å². The maximum Gasteiger partial charge on any atom is 0.303 e. The number of likely N-dealkylation sites (tertiary alicyclic amines) is 1. The summed E-state index contributed by atoms with van der Waals surface area (Å²) in [6.45, 7) is 1.96. The molecule has 3 heterocycles. The predicted octanol–water partition coefficient (Wildman–Crippen LogP) is 4.09. The number of nitrogens with one attached hydrogen (secondary N) is 1. The van der Waals surface area contributed by atoms with Crippen molar-refractivity contribution >= 4 is 39.3 Å². The molecule has 1 unspecified atom stereocenters. The molecule has 5 atom stereocenters. The van der Waals surface area contributed by atoms with Crippen molar-refractivity contribution in [3.8, 4) is 5.75 Å². The number of hydrogen-bond donors (Lipinski definition) is 2. The first-order chi connectivity index (χ1) is 26.5. The number of ether oxygens (including phenoxy) is 2. The molecule has 1 saturated carbocycles. The van der Waals surface area contributed by atoms with Gasteiger partial charge in [-0.05, 0) is 91.3 Å². The average Bonchev–Trinajstić information content (AvgIpc) is 3.26. The van der Waals surface area contributed by atoms with Crippen molar-refractivity contribution in [2.75, 3.05) is 78.5 Å². The van der Waals surface area contributed by atoms with Crippen LogP contribution in [0.1, 0.15) is 55.2 Å². The number of fused-ring (bicyclic) bond motifs is 4. The van der Waals surface area contributed by atoms with E-state index in [0.717, 1.165) is 42.0 Å². The number of anilines is 1. The van der Waals surface area contributed by atoms with Gasteiger partial charge in [-0.1, -0.05) is 35.9 Å². The molecule has 3 aliphatic heterocycles. The summed E-state index contributed by atoms with van der Waals surface area (Å²) in [5.41, 5.74) is 0.0334.